The molecule has 1 fully saturated rings. The molecule has 0 radical (unpaired) electrons. The van der Waals surface area contributed by atoms with Gasteiger partial charge in [0.1, 0.15) is 11.7 Å². The summed E-state index contributed by atoms with van der Waals surface area (Å²) in [7, 11) is 0. The number of hydrogen-bond acceptors (Lipinski definition) is 6. The summed E-state index contributed by atoms with van der Waals surface area (Å²) >= 11 is 0. The highest BCUT2D eigenvalue weighted by molar-refractivity contribution is 5.94. The number of aromatic carboxylic acids is 1. The first-order chi connectivity index (χ1) is 11.9. The van der Waals surface area contributed by atoms with Crippen LogP contribution in [0.3, 0.4) is 0 Å². The van der Waals surface area contributed by atoms with Crippen molar-refractivity contribution in [1.82, 2.24) is 20.4 Å². The summed E-state index contributed by atoms with van der Waals surface area (Å²) in [5, 5.41) is 15.9. The second-order valence-corrected chi connectivity index (χ2v) is 6.59. The van der Waals surface area contributed by atoms with Crippen molar-refractivity contribution in [2.75, 3.05) is 0 Å². The average molecular weight is 344 g/mol. The molecule has 132 valence electrons. The second-order valence-electron chi connectivity index (χ2n) is 6.59. The highest BCUT2D eigenvalue weighted by atomic mass is 16.5. The van der Waals surface area contributed by atoms with Crippen LogP contribution < -0.4 is 5.32 Å². The van der Waals surface area contributed by atoms with Crippen LogP contribution in [-0.2, 0) is 0 Å². The number of nitrogens with one attached hydrogen (secondary N) is 1. The minimum Gasteiger partial charge on any atom is -0.478 e. The highest BCUT2D eigenvalue weighted by Crippen LogP contribution is 2.38. The molecule has 1 aliphatic carbocycles. The van der Waals surface area contributed by atoms with Gasteiger partial charge >= 0.3 is 5.97 Å². The van der Waals surface area contributed by atoms with Crippen LogP contribution in [0.1, 0.15) is 76.9 Å². The molecule has 8 nitrogen and oxygen atoms in total. The van der Waals surface area contributed by atoms with E-state index in [9.17, 15) is 9.59 Å². The SMILES string of the molecule is Cc1nc(C(=O)NC(c2nc(C3CC3)no2)C(C)C)ccc1C(=O)O. The Hall–Kier alpha value is -2.77. The third-order valence-corrected chi connectivity index (χ3v) is 4.17. The van der Waals surface area contributed by atoms with Crippen LogP contribution in [-0.4, -0.2) is 32.1 Å². The quantitative estimate of drug-likeness (QED) is 0.826. The van der Waals surface area contributed by atoms with Crippen molar-refractivity contribution < 1.29 is 19.2 Å². The predicted octanol–water partition coefficient (Wildman–Crippen LogP) is 2.48. The Kier molecular flexibility index (Phi) is 4.52. The van der Waals surface area contributed by atoms with Gasteiger partial charge in [-0.1, -0.05) is 19.0 Å². The lowest BCUT2D eigenvalue weighted by molar-refractivity contribution is 0.0694. The van der Waals surface area contributed by atoms with Gasteiger partial charge in [0.05, 0.1) is 11.3 Å². The molecule has 0 saturated heterocycles. The summed E-state index contributed by atoms with van der Waals surface area (Å²) in [6, 6.07) is 2.34. The van der Waals surface area contributed by atoms with E-state index >= 15 is 0 Å². The fraction of sp³-hybridized carbons (Fsp3) is 0.471. The molecule has 1 atom stereocenters. The molecular weight excluding hydrogens is 324 g/mol. The van der Waals surface area contributed by atoms with E-state index in [1.807, 2.05) is 13.8 Å². The summed E-state index contributed by atoms with van der Waals surface area (Å²) < 4.78 is 5.33. The molecule has 2 N–H and O–H groups in total. The van der Waals surface area contributed by atoms with E-state index in [1.165, 1.54) is 12.1 Å². The van der Waals surface area contributed by atoms with Crippen molar-refractivity contribution in [1.29, 1.82) is 0 Å². The number of rotatable bonds is 6. The van der Waals surface area contributed by atoms with Gasteiger partial charge in [-0.2, -0.15) is 4.98 Å². The van der Waals surface area contributed by atoms with Gasteiger partial charge in [-0.05, 0) is 37.8 Å². The number of pyridine rings is 1. The molecule has 2 heterocycles. The fourth-order valence-electron chi connectivity index (χ4n) is 2.52. The standard InChI is InChI=1S/C17H20N4O4/c1-8(2)13(16-20-14(21-25-16)10-4-5-10)19-15(22)12-7-6-11(17(23)24)9(3)18-12/h6-8,10,13H,4-5H2,1-3H3,(H,19,22)(H,23,24). The number of carboxylic acids is 1. The first kappa shape index (κ1) is 17.1. The van der Waals surface area contributed by atoms with Gasteiger partial charge in [0, 0.05) is 5.92 Å². The first-order valence-electron chi connectivity index (χ1n) is 8.22. The molecule has 0 aliphatic heterocycles. The number of aryl methyl sites for hydroxylation is 1. The molecular formula is C17H20N4O4. The summed E-state index contributed by atoms with van der Waals surface area (Å²) in [4.78, 5) is 32.0. The van der Waals surface area contributed by atoms with E-state index in [2.05, 4.69) is 20.4 Å². The highest BCUT2D eigenvalue weighted by Gasteiger charge is 2.32. The van der Waals surface area contributed by atoms with E-state index in [-0.39, 0.29) is 22.9 Å². The van der Waals surface area contributed by atoms with Crippen molar-refractivity contribution in [3.05, 3.63) is 40.8 Å². The lowest BCUT2D eigenvalue weighted by Crippen LogP contribution is -2.32. The maximum absolute atomic E-state index is 12.5. The van der Waals surface area contributed by atoms with Gasteiger partial charge in [-0.3, -0.25) is 4.79 Å². The molecule has 0 spiro atoms. The van der Waals surface area contributed by atoms with Crippen molar-refractivity contribution in [3.8, 4) is 0 Å². The number of carbonyl (C=O) groups excluding carboxylic acids is 1. The minimum absolute atomic E-state index is 0.0378. The van der Waals surface area contributed by atoms with E-state index in [0.717, 1.165) is 12.8 Å². The van der Waals surface area contributed by atoms with Crippen LogP contribution >= 0.6 is 0 Å². The molecule has 3 rings (SSSR count). The molecule has 0 bridgehead atoms. The topological polar surface area (TPSA) is 118 Å². The fourth-order valence-corrected chi connectivity index (χ4v) is 2.52. The van der Waals surface area contributed by atoms with Crippen LogP contribution in [0, 0.1) is 12.8 Å². The van der Waals surface area contributed by atoms with Crippen LogP contribution in [0.4, 0.5) is 0 Å². The summed E-state index contributed by atoms with van der Waals surface area (Å²) in [5.41, 5.74) is 0.507. The molecule has 0 aromatic carbocycles. The minimum atomic E-state index is -1.07. The zero-order chi connectivity index (χ0) is 18.1. The van der Waals surface area contributed by atoms with Crippen molar-refractivity contribution >= 4 is 11.9 Å². The predicted molar refractivity (Wildman–Crippen MR) is 87.3 cm³/mol. The van der Waals surface area contributed by atoms with E-state index in [1.54, 1.807) is 6.92 Å². The Labute approximate surface area is 144 Å². The molecule has 1 aliphatic rings. The van der Waals surface area contributed by atoms with Gasteiger partial charge in [0.25, 0.3) is 5.91 Å². The van der Waals surface area contributed by atoms with E-state index in [0.29, 0.717) is 17.6 Å². The van der Waals surface area contributed by atoms with Crippen LogP contribution in [0.5, 0.6) is 0 Å². The van der Waals surface area contributed by atoms with Crippen molar-refractivity contribution in [3.63, 3.8) is 0 Å². The van der Waals surface area contributed by atoms with Crippen LogP contribution in [0.2, 0.25) is 0 Å². The van der Waals surface area contributed by atoms with Gasteiger partial charge < -0.3 is 14.9 Å². The average Bonchev–Trinajstić information content (AvgIpc) is 3.29. The maximum Gasteiger partial charge on any atom is 0.337 e. The zero-order valence-corrected chi connectivity index (χ0v) is 14.3. The van der Waals surface area contributed by atoms with E-state index in [4.69, 9.17) is 9.63 Å². The second kappa shape index (κ2) is 6.62. The Bertz CT molecular complexity index is 811. The maximum atomic E-state index is 12.5. The summed E-state index contributed by atoms with van der Waals surface area (Å²) in [6.45, 7) is 5.44. The van der Waals surface area contributed by atoms with Gasteiger partial charge in [0.15, 0.2) is 5.82 Å². The largest absolute Gasteiger partial charge is 0.478 e. The van der Waals surface area contributed by atoms with Crippen molar-refractivity contribution in [2.45, 2.75) is 45.6 Å². The third-order valence-electron chi connectivity index (χ3n) is 4.17. The number of nitrogens with zero attached hydrogens (tertiary/aromatic N) is 3. The molecule has 2 aromatic heterocycles. The molecule has 1 unspecified atom stereocenters. The number of amides is 1. The van der Waals surface area contributed by atoms with Crippen molar-refractivity contribution in [2.24, 2.45) is 5.92 Å². The summed E-state index contributed by atoms with van der Waals surface area (Å²) in [6.07, 6.45) is 2.13. The number of aromatic nitrogens is 3. The lowest BCUT2D eigenvalue weighted by Gasteiger charge is -2.18. The number of carbonyl (C=O) groups is 2. The van der Waals surface area contributed by atoms with Gasteiger partial charge in [0.2, 0.25) is 5.89 Å². The van der Waals surface area contributed by atoms with Crippen LogP contribution in [0.25, 0.3) is 0 Å². The normalized spacial score (nSPS) is 15.2. The Morgan fingerprint density at radius 1 is 1.28 bits per heavy atom. The third kappa shape index (κ3) is 3.67. The molecule has 8 heteroatoms. The Morgan fingerprint density at radius 3 is 2.56 bits per heavy atom. The number of carboxylic acid groups (broad SMARTS) is 1. The Balaban J connectivity index is 1.78. The first-order valence-corrected chi connectivity index (χ1v) is 8.22. The molecule has 1 amide bonds. The zero-order valence-electron chi connectivity index (χ0n) is 14.3. The van der Waals surface area contributed by atoms with E-state index < -0.39 is 17.9 Å². The summed E-state index contributed by atoms with van der Waals surface area (Å²) in [5.74, 6) is -0.0102. The molecule has 2 aromatic rings. The molecule has 1 saturated carbocycles. The van der Waals surface area contributed by atoms with Crippen LogP contribution in [0.15, 0.2) is 16.7 Å². The lowest BCUT2D eigenvalue weighted by atomic mass is 10.0. The smallest absolute Gasteiger partial charge is 0.337 e. The molecule has 25 heavy (non-hydrogen) atoms. The monoisotopic (exact) mass is 344 g/mol. The van der Waals surface area contributed by atoms with Gasteiger partial charge in [-0.15, -0.1) is 0 Å². The van der Waals surface area contributed by atoms with Gasteiger partial charge in [-0.25, -0.2) is 9.78 Å². The Morgan fingerprint density at radius 2 is 2.00 bits per heavy atom. The number of hydrogen-bond donors (Lipinski definition) is 2.